The van der Waals surface area contributed by atoms with Crippen molar-refractivity contribution in [2.75, 3.05) is 0 Å². The van der Waals surface area contributed by atoms with Crippen molar-refractivity contribution in [1.29, 1.82) is 0 Å². The number of hydrogen-bond donors (Lipinski definition) is 0. The van der Waals surface area contributed by atoms with Crippen LogP contribution in [-0.2, 0) is 0 Å². The maximum atomic E-state index is 2.35. The van der Waals surface area contributed by atoms with Gasteiger partial charge in [0.05, 0.1) is 30.9 Å². The zero-order valence-corrected chi connectivity index (χ0v) is 7.44. The Morgan fingerprint density at radius 3 is 1.78 bits per heavy atom. The molecule has 0 aromatic rings. The number of rotatable bonds is 3. The molecule has 0 spiro atoms. The van der Waals surface area contributed by atoms with Crippen molar-refractivity contribution in [2.24, 2.45) is 0 Å². The molecule has 0 saturated carbocycles. The van der Waals surface area contributed by atoms with Crippen LogP contribution >= 0.6 is 0 Å². The van der Waals surface area contributed by atoms with E-state index in [0.717, 1.165) is 19.3 Å². The van der Waals surface area contributed by atoms with Crippen LogP contribution < -0.4 is 0 Å². The Morgan fingerprint density at radius 2 is 1.67 bits per heavy atom. The predicted molar refractivity (Wildman–Crippen MR) is 64.5 cm³/mol. The standard InChI is InChI=1S/CH12B8/c1-7(8(3)4)9(5)6-2/h6H,2-5H2,1H3. The summed E-state index contributed by atoms with van der Waals surface area (Å²) >= 11 is 0. The van der Waals surface area contributed by atoms with Crippen LogP contribution in [0.5, 0.6) is 0 Å². The van der Waals surface area contributed by atoms with E-state index in [4.69, 9.17) is 0 Å². The number of hydrogen-bond acceptors (Lipinski definition) is 0. The summed E-state index contributed by atoms with van der Waals surface area (Å²) in [5.74, 6) is 0. The van der Waals surface area contributed by atoms with Crippen molar-refractivity contribution in [2.45, 2.75) is 6.82 Å². The van der Waals surface area contributed by atoms with Crippen molar-refractivity contribution in [1.82, 2.24) is 0 Å². The lowest BCUT2D eigenvalue weighted by Crippen LogP contribution is -2.52. The van der Waals surface area contributed by atoms with E-state index in [1.54, 1.807) is 0 Å². The lowest BCUT2D eigenvalue weighted by molar-refractivity contribution is 2.33. The highest BCUT2D eigenvalue weighted by Crippen LogP contribution is 1.84. The molecule has 0 amide bonds. The zero-order valence-electron chi connectivity index (χ0n) is 7.44. The van der Waals surface area contributed by atoms with Gasteiger partial charge in [0.1, 0.15) is 0 Å². The van der Waals surface area contributed by atoms with Crippen molar-refractivity contribution in [3.63, 3.8) is 0 Å². The van der Waals surface area contributed by atoms with E-state index in [0.29, 0.717) is 0 Å². The molecular formula is CH12B8. The van der Waals surface area contributed by atoms with E-state index in [9.17, 15) is 0 Å². The second kappa shape index (κ2) is 4.35. The van der Waals surface area contributed by atoms with Crippen LogP contribution in [0.4, 0.5) is 0 Å². The fourth-order valence-electron chi connectivity index (χ4n) is 1.03. The molecule has 0 aliphatic carbocycles. The summed E-state index contributed by atoms with van der Waals surface area (Å²) in [5.41, 5.74) is 0. The summed E-state index contributed by atoms with van der Waals surface area (Å²) in [6.07, 6.45) is 1.74. The summed E-state index contributed by atoms with van der Waals surface area (Å²) in [6.45, 7) is 3.23. The minimum absolute atomic E-state index is 0.847. The monoisotopic (exact) mass is 112 g/mol. The summed E-state index contributed by atoms with van der Waals surface area (Å²) in [7, 11) is 10.5. The second-order valence-electron chi connectivity index (χ2n) is 3.49. The molecule has 0 aromatic carbocycles. The molecule has 0 atom stereocenters. The molecule has 0 rings (SSSR count). The molecule has 0 radical (unpaired) electrons. The van der Waals surface area contributed by atoms with Gasteiger partial charge in [-0.2, -0.15) is 0 Å². The Kier molecular flexibility index (Phi) is 4.60. The van der Waals surface area contributed by atoms with E-state index in [-0.39, 0.29) is 0 Å². The molecule has 0 unspecified atom stereocenters. The lowest BCUT2D eigenvalue weighted by Gasteiger charge is -2.14. The van der Waals surface area contributed by atoms with Crippen molar-refractivity contribution in [3.8, 4) is 0 Å². The van der Waals surface area contributed by atoms with Gasteiger partial charge < -0.3 is 0 Å². The first-order valence-corrected chi connectivity index (χ1v) is 4.09. The third-order valence-electron chi connectivity index (χ3n) is 2.59. The van der Waals surface area contributed by atoms with Crippen molar-refractivity contribution >= 4 is 57.3 Å². The Balaban J connectivity index is 3.58. The maximum Gasteiger partial charge on any atom is 0.0594 e. The van der Waals surface area contributed by atoms with Crippen LogP contribution in [0.25, 0.3) is 0 Å². The molecule has 0 saturated heterocycles. The molecular weight excluding hydrogens is 98.5 g/mol. The fourth-order valence-corrected chi connectivity index (χ4v) is 1.03. The van der Waals surface area contributed by atoms with E-state index in [1.807, 2.05) is 0 Å². The largest absolute Gasteiger partial charge is 0.101 e. The van der Waals surface area contributed by atoms with Gasteiger partial charge in [-0.3, -0.25) is 0 Å². The third-order valence-corrected chi connectivity index (χ3v) is 2.59. The van der Waals surface area contributed by atoms with Crippen LogP contribution in [0, 0.1) is 0 Å². The first-order valence-electron chi connectivity index (χ1n) is 4.09. The SMILES string of the molecule is BBB(B)B(C)B(B)B. The van der Waals surface area contributed by atoms with Crippen LogP contribution in [0.15, 0.2) is 0 Å². The van der Waals surface area contributed by atoms with Crippen LogP contribution in [0.1, 0.15) is 0 Å². The fraction of sp³-hybridized carbons (Fsp3) is 1.00. The highest BCUT2D eigenvalue weighted by Gasteiger charge is 2.20. The quantitative estimate of drug-likeness (QED) is 0.320. The van der Waals surface area contributed by atoms with Gasteiger partial charge in [0.25, 0.3) is 0 Å². The minimum Gasteiger partial charge on any atom is -0.101 e. The average molecular weight is 111 g/mol. The Labute approximate surface area is 64.7 Å². The zero-order chi connectivity index (χ0) is 7.44. The smallest absolute Gasteiger partial charge is 0.0594 e. The third kappa shape index (κ3) is 3.27. The topological polar surface area (TPSA) is 0 Å². The highest BCUT2D eigenvalue weighted by molar-refractivity contribution is 7.85. The second-order valence-corrected chi connectivity index (χ2v) is 3.49. The molecule has 0 aliphatic heterocycles. The molecule has 0 nitrogen and oxygen atoms in total. The first-order chi connectivity index (χ1) is 4.09. The van der Waals surface area contributed by atoms with Crippen molar-refractivity contribution < 1.29 is 0 Å². The Bertz CT molecular complexity index is 69.0. The Hall–Kier alpha value is 0.519. The van der Waals surface area contributed by atoms with Crippen molar-refractivity contribution in [3.05, 3.63) is 0 Å². The van der Waals surface area contributed by atoms with Crippen LogP contribution in [-0.4, -0.2) is 57.3 Å². The normalized spacial score (nSPS) is 8.11. The van der Waals surface area contributed by atoms with Gasteiger partial charge in [-0.05, 0) is 0 Å². The van der Waals surface area contributed by atoms with Gasteiger partial charge in [-0.25, -0.2) is 0 Å². The van der Waals surface area contributed by atoms with Gasteiger partial charge in [-0.1, -0.05) is 0 Å². The van der Waals surface area contributed by atoms with Gasteiger partial charge in [0.15, 0.2) is 0 Å². The van der Waals surface area contributed by atoms with E-state index < -0.39 is 0 Å². The van der Waals surface area contributed by atoms with E-state index in [1.165, 1.54) is 7.06 Å². The molecule has 0 aliphatic rings. The van der Waals surface area contributed by atoms with Crippen LogP contribution in [0.2, 0.25) is 6.82 Å². The van der Waals surface area contributed by atoms with E-state index in [2.05, 4.69) is 37.8 Å². The molecule has 0 N–H and O–H groups in total. The lowest BCUT2D eigenvalue weighted by atomic mass is 8.70. The van der Waals surface area contributed by atoms with Gasteiger partial charge in [-0.15, -0.1) is 6.82 Å². The molecule has 9 heavy (non-hydrogen) atoms. The summed E-state index contributed by atoms with van der Waals surface area (Å²) in [6, 6.07) is 0. The molecule has 8 heteroatoms. The van der Waals surface area contributed by atoms with E-state index >= 15 is 0 Å². The Morgan fingerprint density at radius 1 is 1.22 bits per heavy atom. The molecule has 0 heterocycles. The predicted octanol–water partition coefficient (Wildman–Crippen LogP) is -4.87. The van der Waals surface area contributed by atoms with Crippen LogP contribution in [0.3, 0.4) is 0 Å². The summed E-state index contributed by atoms with van der Waals surface area (Å²) in [5, 5.41) is 0. The summed E-state index contributed by atoms with van der Waals surface area (Å²) in [4.78, 5) is 0. The van der Waals surface area contributed by atoms with Gasteiger partial charge >= 0.3 is 0 Å². The minimum atomic E-state index is 0.847. The van der Waals surface area contributed by atoms with Gasteiger partial charge in [0.2, 0.25) is 0 Å². The average Bonchev–Trinajstić information content (AvgIpc) is 1.84. The molecule has 0 aromatic heterocycles. The maximum absolute atomic E-state index is 2.35. The molecule has 40 valence electrons. The summed E-state index contributed by atoms with van der Waals surface area (Å²) < 4.78 is 0. The molecule has 0 fully saturated rings. The first kappa shape index (κ1) is 9.52. The van der Waals surface area contributed by atoms with Gasteiger partial charge in [0, 0.05) is 26.3 Å². The highest BCUT2D eigenvalue weighted by atomic mass is 13.1. The molecule has 0 bridgehead atoms.